The van der Waals surface area contributed by atoms with Crippen LogP contribution in [0.15, 0.2) is 36.4 Å². The average Bonchev–Trinajstić information content (AvgIpc) is 3.02. The van der Waals surface area contributed by atoms with Crippen molar-refractivity contribution in [2.45, 2.75) is 38.3 Å². The van der Waals surface area contributed by atoms with Crippen LogP contribution in [0.25, 0.3) is 0 Å². The van der Waals surface area contributed by atoms with Crippen LogP contribution in [0.5, 0.6) is 0 Å². The van der Waals surface area contributed by atoms with Gasteiger partial charge in [-0.1, -0.05) is 31.2 Å². The van der Waals surface area contributed by atoms with E-state index in [0.29, 0.717) is 18.9 Å². The molecule has 27 heavy (non-hydrogen) atoms. The molecule has 1 aliphatic rings. The second-order valence-corrected chi connectivity index (χ2v) is 7.18. The molecule has 7 heteroatoms. The zero-order valence-electron chi connectivity index (χ0n) is 15.7. The van der Waals surface area contributed by atoms with E-state index in [-0.39, 0.29) is 30.9 Å². The Balaban J connectivity index is 1.55. The number of benzene rings is 1. The number of aliphatic hydroxyl groups excluding tert-OH is 2. The Morgan fingerprint density at radius 1 is 1.22 bits per heavy atom. The third-order valence-corrected chi connectivity index (χ3v) is 4.93. The van der Waals surface area contributed by atoms with Crippen LogP contribution >= 0.6 is 0 Å². The molecule has 1 aliphatic heterocycles. The van der Waals surface area contributed by atoms with Crippen LogP contribution in [0.4, 0.5) is 5.82 Å². The van der Waals surface area contributed by atoms with Crippen LogP contribution in [-0.4, -0.2) is 58.2 Å². The highest BCUT2D eigenvalue weighted by Crippen LogP contribution is 2.19. The van der Waals surface area contributed by atoms with E-state index in [1.165, 1.54) is 0 Å². The number of anilines is 1. The fourth-order valence-electron chi connectivity index (χ4n) is 3.19. The van der Waals surface area contributed by atoms with E-state index in [2.05, 4.69) is 15.5 Å². The van der Waals surface area contributed by atoms with Gasteiger partial charge in [-0.3, -0.25) is 4.79 Å². The first-order valence-electron chi connectivity index (χ1n) is 9.18. The Hall–Kier alpha value is -2.51. The number of nitrogens with one attached hydrogen (secondary N) is 1. The molecule has 1 amide bonds. The number of rotatable bonds is 6. The maximum atomic E-state index is 12.4. The van der Waals surface area contributed by atoms with E-state index < -0.39 is 6.10 Å². The number of nitrogens with zero attached hydrogens (tertiary/aromatic N) is 3. The minimum Gasteiger partial charge on any atom is -0.396 e. The Morgan fingerprint density at radius 2 is 1.96 bits per heavy atom. The monoisotopic (exact) mass is 370 g/mol. The van der Waals surface area contributed by atoms with Gasteiger partial charge in [0.25, 0.3) is 0 Å². The third-order valence-electron chi connectivity index (χ3n) is 4.93. The number of hydrogen-bond acceptors (Lipinski definition) is 6. The molecule has 1 fully saturated rings. The first-order valence-corrected chi connectivity index (χ1v) is 9.18. The number of aliphatic hydroxyl groups is 2. The van der Waals surface area contributed by atoms with Crippen LogP contribution in [-0.2, 0) is 11.2 Å². The Bertz CT molecular complexity index is 764. The van der Waals surface area contributed by atoms with Gasteiger partial charge < -0.3 is 20.4 Å². The van der Waals surface area contributed by atoms with Gasteiger partial charge in [-0.05, 0) is 30.2 Å². The van der Waals surface area contributed by atoms with E-state index in [4.69, 9.17) is 0 Å². The standard InChI is InChI=1S/C20H26N4O3/c1-13(12-25)16-6-4-15(5-7-16)9-20(27)21-17-10-24(11-18(17)26)19-8-3-14(2)22-23-19/h3-8,13,17-18,25-26H,9-12H2,1-2H3,(H,21,27)/t13?,17-,18-/m1/s1. The maximum absolute atomic E-state index is 12.4. The lowest BCUT2D eigenvalue weighted by atomic mass is 10.00. The van der Waals surface area contributed by atoms with E-state index >= 15 is 0 Å². The average molecular weight is 370 g/mol. The minimum absolute atomic E-state index is 0.0809. The molecule has 1 saturated heterocycles. The second kappa shape index (κ2) is 8.45. The molecule has 1 aromatic carbocycles. The molecule has 3 N–H and O–H groups in total. The molecule has 0 radical (unpaired) electrons. The summed E-state index contributed by atoms with van der Waals surface area (Å²) in [5.41, 5.74) is 2.78. The van der Waals surface area contributed by atoms with E-state index in [1.54, 1.807) is 0 Å². The molecule has 0 bridgehead atoms. The fourth-order valence-corrected chi connectivity index (χ4v) is 3.19. The quantitative estimate of drug-likeness (QED) is 0.695. The van der Waals surface area contributed by atoms with E-state index in [1.807, 2.05) is 55.1 Å². The Morgan fingerprint density at radius 3 is 2.59 bits per heavy atom. The summed E-state index contributed by atoms with van der Waals surface area (Å²) in [5.74, 6) is 0.654. The molecule has 1 aromatic heterocycles. The molecule has 0 saturated carbocycles. The van der Waals surface area contributed by atoms with Crippen LogP contribution in [0.1, 0.15) is 29.7 Å². The van der Waals surface area contributed by atoms with Gasteiger partial charge >= 0.3 is 0 Å². The van der Waals surface area contributed by atoms with Gasteiger partial charge in [0.05, 0.1) is 24.3 Å². The maximum Gasteiger partial charge on any atom is 0.224 e. The van der Waals surface area contributed by atoms with Crippen molar-refractivity contribution in [2.24, 2.45) is 0 Å². The number of carbonyl (C=O) groups excluding carboxylic acids is 1. The SMILES string of the molecule is Cc1ccc(N2C[C@@H](O)[C@H](NC(=O)Cc3ccc(C(C)CO)cc3)C2)nn1. The van der Waals surface area contributed by atoms with E-state index in [9.17, 15) is 15.0 Å². The fraction of sp³-hybridized carbons (Fsp3) is 0.450. The lowest BCUT2D eigenvalue weighted by Gasteiger charge is -2.17. The highest BCUT2D eigenvalue weighted by Gasteiger charge is 2.33. The van der Waals surface area contributed by atoms with Crippen molar-refractivity contribution in [2.75, 3.05) is 24.6 Å². The predicted molar refractivity (Wildman–Crippen MR) is 103 cm³/mol. The molecule has 3 rings (SSSR count). The summed E-state index contributed by atoms with van der Waals surface area (Å²) in [4.78, 5) is 14.3. The molecule has 0 spiro atoms. The molecule has 144 valence electrons. The van der Waals surface area contributed by atoms with Crippen molar-refractivity contribution in [3.8, 4) is 0 Å². The Kier molecular flexibility index (Phi) is 6.03. The smallest absolute Gasteiger partial charge is 0.224 e. The van der Waals surface area contributed by atoms with Crippen molar-refractivity contribution in [1.29, 1.82) is 0 Å². The summed E-state index contributed by atoms with van der Waals surface area (Å²) in [7, 11) is 0. The van der Waals surface area contributed by atoms with Crippen LogP contribution in [0.3, 0.4) is 0 Å². The predicted octanol–water partition coefficient (Wildman–Crippen LogP) is 0.789. The molecule has 2 heterocycles. The molecule has 1 unspecified atom stereocenters. The summed E-state index contributed by atoms with van der Waals surface area (Å²) in [6.07, 6.45) is -0.397. The molecular formula is C20H26N4O3. The normalized spacial score (nSPS) is 20.5. The first kappa shape index (κ1) is 19.3. The zero-order chi connectivity index (χ0) is 19.4. The van der Waals surface area contributed by atoms with Crippen LogP contribution in [0, 0.1) is 6.92 Å². The largest absolute Gasteiger partial charge is 0.396 e. The number of β-amino-alcohol motifs (C(OH)–C–C–N with tert-alkyl or cyclic N) is 1. The number of hydrogen-bond donors (Lipinski definition) is 3. The van der Waals surface area contributed by atoms with Crippen molar-refractivity contribution >= 4 is 11.7 Å². The topological polar surface area (TPSA) is 98.6 Å². The van der Waals surface area contributed by atoms with Crippen molar-refractivity contribution < 1.29 is 15.0 Å². The van der Waals surface area contributed by atoms with Gasteiger partial charge in [-0.2, -0.15) is 5.10 Å². The van der Waals surface area contributed by atoms with E-state index in [0.717, 1.165) is 16.8 Å². The number of aryl methyl sites for hydroxylation is 1. The van der Waals surface area contributed by atoms with Crippen LogP contribution < -0.4 is 10.2 Å². The molecular weight excluding hydrogens is 344 g/mol. The van der Waals surface area contributed by atoms with Gasteiger partial charge in [-0.15, -0.1) is 5.10 Å². The van der Waals surface area contributed by atoms with Crippen LogP contribution in [0.2, 0.25) is 0 Å². The van der Waals surface area contributed by atoms with Gasteiger partial charge in [-0.25, -0.2) is 0 Å². The molecule has 2 aromatic rings. The van der Waals surface area contributed by atoms with Crippen molar-refractivity contribution in [3.63, 3.8) is 0 Å². The highest BCUT2D eigenvalue weighted by atomic mass is 16.3. The lowest BCUT2D eigenvalue weighted by Crippen LogP contribution is -2.43. The van der Waals surface area contributed by atoms with Crippen molar-refractivity contribution in [3.05, 3.63) is 53.2 Å². The zero-order valence-corrected chi connectivity index (χ0v) is 15.7. The number of carbonyl (C=O) groups is 1. The summed E-state index contributed by atoms with van der Waals surface area (Å²) in [6.45, 7) is 4.83. The highest BCUT2D eigenvalue weighted by molar-refractivity contribution is 5.79. The third kappa shape index (κ3) is 4.81. The van der Waals surface area contributed by atoms with Gasteiger partial charge in [0.1, 0.15) is 0 Å². The molecule has 0 aliphatic carbocycles. The second-order valence-electron chi connectivity index (χ2n) is 7.18. The summed E-state index contributed by atoms with van der Waals surface area (Å²) < 4.78 is 0. The summed E-state index contributed by atoms with van der Waals surface area (Å²) in [6, 6.07) is 11.1. The molecule has 7 nitrogen and oxygen atoms in total. The minimum atomic E-state index is -0.648. The summed E-state index contributed by atoms with van der Waals surface area (Å²) in [5, 5.41) is 30.6. The summed E-state index contributed by atoms with van der Waals surface area (Å²) >= 11 is 0. The molecule has 3 atom stereocenters. The van der Waals surface area contributed by atoms with Gasteiger partial charge in [0.2, 0.25) is 5.91 Å². The Labute approximate surface area is 159 Å². The number of aromatic nitrogens is 2. The number of amides is 1. The van der Waals surface area contributed by atoms with Gasteiger partial charge in [0.15, 0.2) is 5.82 Å². The first-order chi connectivity index (χ1) is 13.0. The van der Waals surface area contributed by atoms with Gasteiger partial charge in [0, 0.05) is 25.6 Å². The van der Waals surface area contributed by atoms with Crippen molar-refractivity contribution in [1.82, 2.24) is 15.5 Å². The lowest BCUT2D eigenvalue weighted by molar-refractivity contribution is -0.121.